The van der Waals surface area contributed by atoms with E-state index in [4.69, 9.17) is 18.9 Å². The molecule has 0 atom stereocenters. The Morgan fingerprint density at radius 3 is 2.24 bits per heavy atom. The molecule has 7 nitrogen and oxygen atoms in total. The molecule has 2 rings (SSSR count). The van der Waals surface area contributed by atoms with Gasteiger partial charge in [-0.3, -0.25) is 0 Å². The maximum absolute atomic E-state index is 11.6. The Bertz CT molecular complexity index is 1000. The highest BCUT2D eigenvalue weighted by Gasteiger charge is 2.09. The first kappa shape index (κ1) is 22.0. The van der Waals surface area contributed by atoms with Gasteiger partial charge in [-0.1, -0.05) is 24.3 Å². The molecule has 0 saturated carbocycles. The second-order valence-corrected chi connectivity index (χ2v) is 7.56. The molecule has 29 heavy (non-hydrogen) atoms. The number of nitriles is 1. The van der Waals surface area contributed by atoms with E-state index < -0.39 is 16.1 Å². The van der Waals surface area contributed by atoms with Gasteiger partial charge in [-0.25, -0.2) is 4.79 Å². The molecule has 0 fully saturated rings. The molecule has 2 aromatic carbocycles. The van der Waals surface area contributed by atoms with Gasteiger partial charge in [0, 0.05) is 6.42 Å². The van der Waals surface area contributed by atoms with Crippen LogP contribution in [0.2, 0.25) is 0 Å². The molecule has 0 bridgehead atoms. The Morgan fingerprint density at radius 1 is 1.07 bits per heavy atom. The minimum atomic E-state index is -3.54. The quantitative estimate of drug-likeness (QED) is 0.268. The Balaban J connectivity index is 1.89. The molecule has 8 heteroatoms. The molecular formula is C21H21NO6S. The smallest absolute Gasteiger partial charge is 0.348 e. The SMILES string of the molecule is CCOC(=O)C(C#N)=Cc1ccc(OCCc2ccc(OS(C)(=O)=O)cc2)cc1. The van der Waals surface area contributed by atoms with Crippen LogP contribution in [-0.2, 0) is 26.1 Å². The van der Waals surface area contributed by atoms with Crippen molar-refractivity contribution in [3.8, 4) is 17.6 Å². The predicted octanol–water partition coefficient (Wildman–Crippen LogP) is 3.12. The first-order valence-corrected chi connectivity index (χ1v) is 10.6. The van der Waals surface area contributed by atoms with Crippen molar-refractivity contribution in [2.75, 3.05) is 19.5 Å². The largest absolute Gasteiger partial charge is 0.493 e. The van der Waals surface area contributed by atoms with E-state index >= 15 is 0 Å². The van der Waals surface area contributed by atoms with E-state index in [1.54, 1.807) is 55.5 Å². The van der Waals surface area contributed by atoms with Crippen LogP contribution in [0.3, 0.4) is 0 Å². The second kappa shape index (κ2) is 10.3. The van der Waals surface area contributed by atoms with Gasteiger partial charge in [0.25, 0.3) is 0 Å². The first-order chi connectivity index (χ1) is 13.8. The van der Waals surface area contributed by atoms with Crippen molar-refractivity contribution in [3.63, 3.8) is 0 Å². The van der Waals surface area contributed by atoms with E-state index in [9.17, 15) is 13.2 Å². The van der Waals surface area contributed by atoms with Gasteiger partial charge >= 0.3 is 16.1 Å². The summed E-state index contributed by atoms with van der Waals surface area (Å²) in [5.74, 6) is 0.262. The fraction of sp³-hybridized carbons (Fsp3) is 0.238. The minimum Gasteiger partial charge on any atom is -0.493 e. The van der Waals surface area contributed by atoms with Gasteiger partial charge in [-0.2, -0.15) is 13.7 Å². The molecule has 0 aliphatic carbocycles. The number of esters is 1. The first-order valence-electron chi connectivity index (χ1n) is 8.81. The zero-order valence-electron chi connectivity index (χ0n) is 16.1. The molecule has 0 heterocycles. The summed E-state index contributed by atoms with van der Waals surface area (Å²) < 4.78 is 37.5. The van der Waals surface area contributed by atoms with Crippen LogP contribution in [0.5, 0.6) is 11.5 Å². The summed E-state index contributed by atoms with van der Waals surface area (Å²) in [5.41, 5.74) is 1.59. The highest BCUT2D eigenvalue weighted by Crippen LogP contribution is 2.17. The zero-order valence-corrected chi connectivity index (χ0v) is 16.9. The van der Waals surface area contributed by atoms with Crippen LogP contribution in [-0.4, -0.2) is 33.9 Å². The van der Waals surface area contributed by atoms with Gasteiger partial charge in [0.2, 0.25) is 0 Å². The fourth-order valence-electron chi connectivity index (χ4n) is 2.35. The maximum Gasteiger partial charge on any atom is 0.348 e. The number of rotatable bonds is 9. The van der Waals surface area contributed by atoms with Crippen molar-refractivity contribution in [2.45, 2.75) is 13.3 Å². The number of carbonyl (C=O) groups is 1. The van der Waals surface area contributed by atoms with E-state index in [1.165, 1.54) is 6.08 Å². The number of carbonyl (C=O) groups excluding carboxylic acids is 1. The Kier molecular flexibility index (Phi) is 7.80. The summed E-state index contributed by atoms with van der Waals surface area (Å²) in [4.78, 5) is 11.6. The summed E-state index contributed by atoms with van der Waals surface area (Å²) in [5, 5.41) is 9.05. The monoisotopic (exact) mass is 415 g/mol. The van der Waals surface area contributed by atoms with Crippen molar-refractivity contribution >= 4 is 22.2 Å². The Hall–Kier alpha value is -3.31. The summed E-state index contributed by atoms with van der Waals surface area (Å²) in [6.45, 7) is 2.31. The van der Waals surface area contributed by atoms with E-state index in [0.717, 1.165) is 11.8 Å². The van der Waals surface area contributed by atoms with Gasteiger partial charge in [-0.05, 0) is 48.4 Å². The molecule has 0 N–H and O–H groups in total. The molecule has 0 saturated heterocycles. The topological polar surface area (TPSA) is 103 Å². The molecule has 2 aromatic rings. The average Bonchev–Trinajstić information content (AvgIpc) is 2.67. The van der Waals surface area contributed by atoms with Crippen molar-refractivity contribution < 1.29 is 26.9 Å². The molecule has 0 aromatic heterocycles. The van der Waals surface area contributed by atoms with E-state index in [0.29, 0.717) is 24.3 Å². The van der Waals surface area contributed by atoms with Gasteiger partial charge in [-0.15, -0.1) is 0 Å². The lowest BCUT2D eigenvalue weighted by atomic mass is 10.1. The van der Waals surface area contributed by atoms with Gasteiger partial charge < -0.3 is 13.7 Å². The standard InChI is InChI=1S/C21H21NO6S/c1-3-26-21(23)18(15-22)14-17-6-8-19(9-7-17)27-13-12-16-4-10-20(11-5-16)28-29(2,24)25/h4-11,14H,3,12-13H2,1-2H3. The van der Waals surface area contributed by atoms with Crippen LogP contribution in [0.15, 0.2) is 54.1 Å². The Labute approximate surface area is 170 Å². The van der Waals surface area contributed by atoms with E-state index in [1.807, 2.05) is 6.07 Å². The number of nitrogens with zero attached hydrogens (tertiary/aromatic N) is 1. The number of hydrogen-bond donors (Lipinski definition) is 0. The van der Waals surface area contributed by atoms with Crippen molar-refractivity contribution in [1.29, 1.82) is 5.26 Å². The molecule has 0 radical (unpaired) electrons. The lowest BCUT2D eigenvalue weighted by Gasteiger charge is -2.08. The molecule has 152 valence electrons. The average molecular weight is 415 g/mol. The van der Waals surface area contributed by atoms with Crippen LogP contribution in [0.25, 0.3) is 6.08 Å². The number of hydrogen-bond acceptors (Lipinski definition) is 7. The summed E-state index contributed by atoms with van der Waals surface area (Å²) in [6, 6.07) is 15.5. The molecule has 0 aliphatic heterocycles. The molecule has 0 amide bonds. The van der Waals surface area contributed by atoms with Crippen molar-refractivity contribution in [2.24, 2.45) is 0 Å². The van der Waals surface area contributed by atoms with Gasteiger partial charge in [0.15, 0.2) is 0 Å². The molecule has 0 unspecified atom stereocenters. The second-order valence-electron chi connectivity index (χ2n) is 5.99. The number of benzene rings is 2. The van der Waals surface area contributed by atoms with Crippen LogP contribution in [0, 0.1) is 11.3 Å². The lowest BCUT2D eigenvalue weighted by Crippen LogP contribution is -2.06. The van der Waals surface area contributed by atoms with Crippen molar-refractivity contribution in [1.82, 2.24) is 0 Å². The fourth-order valence-corrected chi connectivity index (χ4v) is 2.81. The van der Waals surface area contributed by atoms with Crippen LogP contribution < -0.4 is 8.92 Å². The van der Waals surface area contributed by atoms with E-state index in [2.05, 4.69) is 0 Å². The number of ether oxygens (including phenoxy) is 2. The third kappa shape index (κ3) is 7.68. The zero-order chi connectivity index (χ0) is 21.3. The molecular weight excluding hydrogens is 394 g/mol. The van der Waals surface area contributed by atoms with Gasteiger partial charge in [0.05, 0.1) is 19.5 Å². The summed E-state index contributed by atoms with van der Waals surface area (Å²) >= 11 is 0. The highest BCUT2D eigenvalue weighted by atomic mass is 32.2. The van der Waals surface area contributed by atoms with Gasteiger partial charge in [0.1, 0.15) is 23.1 Å². The molecule has 0 spiro atoms. The Morgan fingerprint density at radius 2 is 1.69 bits per heavy atom. The van der Waals surface area contributed by atoms with Crippen LogP contribution >= 0.6 is 0 Å². The highest BCUT2D eigenvalue weighted by molar-refractivity contribution is 7.86. The third-order valence-corrected chi connectivity index (χ3v) is 4.13. The maximum atomic E-state index is 11.6. The van der Waals surface area contributed by atoms with E-state index in [-0.39, 0.29) is 17.9 Å². The lowest BCUT2D eigenvalue weighted by molar-refractivity contribution is -0.137. The summed E-state index contributed by atoms with van der Waals surface area (Å²) in [6.07, 6.45) is 3.08. The summed E-state index contributed by atoms with van der Waals surface area (Å²) in [7, 11) is -3.54. The predicted molar refractivity (Wildman–Crippen MR) is 108 cm³/mol. The van der Waals surface area contributed by atoms with Crippen molar-refractivity contribution in [3.05, 3.63) is 65.2 Å². The third-order valence-electron chi connectivity index (χ3n) is 3.64. The molecule has 0 aliphatic rings. The minimum absolute atomic E-state index is 0.0659. The van der Waals surface area contributed by atoms with Crippen LogP contribution in [0.4, 0.5) is 0 Å². The normalized spacial score (nSPS) is 11.4. The van der Waals surface area contributed by atoms with Crippen LogP contribution in [0.1, 0.15) is 18.1 Å².